The van der Waals surface area contributed by atoms with Gasteiger partial charge in [0.2, 0.25) is 0 Å². The number of hydrogen-bond donors (Lipinski definition) is 0. The van der Waals surface area contributed by atoms with Gasteiger partial charge in [-0.1, -0.05) is 55.1 Å². The molecule has 4 aromatic rings. The monoisotopic (exact) mass is 560 g/mol. The van der Waals surface area contributed by atoms with Gasteiger partial charge in [-0.05, 0) is 65.2 Å². The second-order valence-electron chi connectivity index (χ2n) is 10.6. The van der Waals surface area contributed by atoms with Gasteiger partial charge in [-0.25, -0.2) is 4.79 Å². The number of ether oxygens (including phenoxy) is 3. The second-order valence-corrected chi connectivity index (χ2v) is 10.6. The maximum atomic E-state index is 13.7. The number of hydrogen-bond acceptors (Lipinski definition) is 6. The van der Waals surface area contributed by atoms with Crippen LogP contribution >= 0.6 is 0 Å². The first-order valence-electron chi connectivity index (χ1n) is 13.7. The van der Waals surface area contributed by atoms with Gasteiger partial charge in [0, 0.05) is 56.3 Å². The molecule has 0 spiro atoms. The first kappa shape index (κ1) is 28.6. The molecule has 1 unspecified atom stereocenters. The molecule has 5 rings (SSSR count). The fraction of sp³-hybridized carbons (Fsp3) is 0.194. The third-order valence-electron chi connectivity index (χ3n) is 7.76. The Labute approximate surface area is 248 Å². The van der Waals surface area contributed by atoms with Crippen LogP contribution in [0.1, 0.15) is 32.6 Å². The van der Waals surface area contributed by atoms with Crippen molar-refractivity contribution >= 4 is 22.9 Å². The van der Waals surface area contributed by atoms with Crippen molar-refractivity contribution in [2.75, 3.05) is 52.2 Å². The summed E-state index contributed by atoms with van der Waals surface area (Å²) in [6.07, 6.45) is 1.81. The van der Waals surface area contributed by atoms with Crippen molar-refractivity contribution in [2.45, 2.75) is 5.60 Å². The second kappa shape index (κ2) is 11.5. The number of carbonyl (C=O) groups excluding carboxylic acids is 1. The van der Waals surface area contributed by atoms with E-state index >= 15 is 0 Å². The number of nitrogens with zero attached hydrogens (tertiary/aromatic N) is 2. The molecule has 0 aliphatic carbocycles. The van der Waals surface area contributed by atoms with Gasteiger partial charge in [0.15, 0.2) is 5.60 Å². The lowest BCUT2D eigenvalue weighted by atomic mass is 9.75. The summed E-state index contributed by atoms with van der Waals surface area (Å²) < 4.78 is 17.5. The van der Waals surface area contributed by atoms with E-state index in [1.165, 1.54) is 0 Å². The molecule has 1 atom stereocenters. The number of anilines is 2. The number of carbonyl (C=O) groups is 1. The van der Waals surface area contributed by atoms with Crippen molar-refractivity contribution in [3.8, 4) is 11.5 Å². The summed E-state index contributed by atoms with van der Waals surface area (Å²) in [5.41, 5.74) is 6.34. The van der Waals surface area contributed by atoms with E-state index in [9.17, 15) is 4.79 Å². The van der Waals surface area contributed by atoms with E-state index < -0.39 is 5.60 Å². The SMILES string of the molecule is C=CC(=C(c1ccc(OC)cc1)c1ccc(N(C)C)cc1)C1(c2ccc(OC)cc2)OC(=O)c2cc(N(C)C)ccc21. The van der Waals surface area contributed by atoms with Crippen molar-refractivity contribution in [1.82, 2.24) is 0 Å². The molecular weight excluding hydrogens is 524 g/mol. The van der Waals surface area contributed by atoms with E-state index in [-0.39, 0.29) is 5.97 Å². The molecule has 6 heteroatoms. The number of methoxy groups -OCH3 is 2. The average molecular weight is 561 g/mol. The summed E-state index contributed by atoms with van der Waals surface area (Å²) in [6.45, 7) is 4.29. The number of cyclic esters (lactones) is 1. The van der Waals surface area contributed by atoms with Gasteiger partial charge in [0.1, 0.15) is 11.5 Å². The van der Waals surface area contributed by atoms with Crippen LogP contribution in [0.25, 0.3) is 5.57 Å². The van der Waals surface area contributed by atoms with Crippen molar-refractivity contribution in [1.29, 1.82) is 0 Å². The highest BCUT2D eigenvalue weighted by atomic mass is 16.6. The van der Waals surface area contributed by atoms with Crippen LogP contribution in [0.5, 0.6) is 11.5 Å². The summed E-state index contributed by atoms with van der Waals surface area (Å²) in [6, 6.07) is 29.8. The van der Waals surface area contributed by atoms with Gasteiger partial charge >= 0.3 is 5.97 Å². The fourth-order valence-electron chi connectivity index (χ4n) is 5.51. The average Bonchev–Trinajstić information content (AvgIpc) is 3.32. The number of benzene rings is 4. The van der Waals surface area contributed by atoms with E-state index in [4.69, 9.17) is 14.2 Å². The zero-order valence-electron chi connectivity index (χ0n) is 25.0. The van der Waals surface area contributed by atoms with Gasteiger partial charge in [-0.15, -0.1) is 0 Å². The molecule has 6 nitrogen and oxygen atoms in total. The predicted molar refractivity (Wildman–Crippen MR) is 170 cm³/mol. The molecule has 1 heterocycles. The lowest BCUT2D eigenvalue weighted by molar-refractivity contribution is 0.0251. The lowest BCUT2D eigenvalue weighted by Crippen LogP contribution is -2.31. The summed E-state index contributed by atoms with van der Waals surface area (Å²) >= 11 is 0. The van der Waals surface area contributed by atoms with E-state index in [0.29, 0.717) is 11.3 Å². The van der Waals surface area contributed by atoms with Crippen LogP contribution in [0, 0.1) is 0 Å². The number of fused-ring (bicyclic) bond motifs is 1. The molecule has 42 heavy (non-hydrogen) atoms. The molecule has 214 valence electrons. The molecule has 0 saturated heterocycles. The lowest BCUT2D eigenvalue weighted by Gasteiger charge is -2.33. The first-order chi connectivity index (χ1) is 20.2. The van der Waals surface area contributed by atoms with Gasteiger partial charge in [-0.2, -0.15) is 0 Å². The predicted octanol–water partition coefficient (Wildman–Crippen LogP) is 6.94. The summed E-state index contributed by atoms with van der Waals surface area (Å²) in [5.74, 6) is 1.07. The molecule has 0 radical (unpaired) electrons. The van der Waals surface area contributed by atoms with Crippen LogP contribution in [-0.2, 0) is 10.3 Å². The van der Waals surface area contributed by atoms with Crippen LogP contribution in [0.4, 0.5) is 11.4 Å². The molecule has 0 N–H and O–H groups in total. The molecule has 1 aliphatic heterocycles. The maximum Gasteiger partial charge on any atom is 0.340 e. The zero-order chi connectivity index (χ0) is 30.0. The molecule has 0 bridgehead atoms. The molecule has 0 amide bonds. The Morgan fingerprint density at radius 1 is 0.738 bits per heavy atom. The van der Waals surface area contributed by atoms with Crippen LogP contribution < -0.4 is 19.3 Å². The summed E-state index contributed by atoms with van der Waals surface area (Å²) in [7, 11) is 11.2. The smallest absolute Gasteiger partial charge is 0.340 e. The first-order valence-corrected chi connectivity index (χ1v) is 13.7. The van der Waals surface area contributed by atoms with Crippen molar-refractivity contribution < 1.29 is 19.0 Å². The number of rotatable bonds is 9. The highest BCUT2D eigenvalue weighted by Crippen LogP contribution is 2.51. The number of esters is 1. The summed E-state index contributed by atoms with van der Waals surface area (Å²) in [5, 5.41) is 0. The van der Waals surface area contributed by atoms with E-state index in [1.54, 1.807) is 14.2 Å². The van der Waals surface area contributed by atoms with Crippen LogP contribution in [0.3, 0.4) is 0 Å². The molecule has 1 aliphatic rings. The van der Waals surface area contributed by atoms with Gasteiger partial charge in [0.05, 0.1) is 19.8 Å². The van der Waals surface area contributed by atoms with Gasteiger partial charge in [-0.3, -0.25) is 0 Å². The molecule has 0 aromatic heterocycles. The summed E-state index contributed by atoms with van der Waals surface area (Å²) in [4.78, 5) is 17.8. The largest absolute Gasteiger partial charge is 0.497 e. The maximum absolute atomic E-state index is 13.7. The van der Waals surface area contributed by atoms with Crippen molar-refractivity contribution in [3.05, 3.63) is 137 Å². The Hall–Kier alpha value is -4.97. The van der Waals surface area contributed by atoms with Gasteiger partial charge in [0.25, 0.3) is 0 Å². The Morgan fingerprint density at radius 3 is 1.74 bits per heavy atom. The van der Waals surface area contributed by atoms with E-state index in [0.717, 1.165) is 50.5 Å². The Balaban J connectivity index is 1.88. The van der Waals surface area contributed by atoms with Crippen LogP contribution in [-0.4, -0.2) is 48.4 Å². The molecule has 0 saturated carbocycles. The minimum Gasteiger partial charge on any atom is -0.497 e. The van der Waals surface area contributed by atoms with Crippen molar-refractivity contribution in [2.24, 2.45) is 0 Å². The minimum atomic E-state index is -1.26. The highest BCUT2D eigenvalue weighted by molar-refractivity contribution is 5.99. The van der Waals surface area contributed by atoms with E-state index in [1.807, 2.05) is 106 Å². The third kappa shape index (κ3) is 4.90. The Bertz CT molecular complexity index is 1640. The topological polar surface area (TPSA) is 51.2 Å². The zero-order valence-corrected chi connectivity index (χ0v) is 25.0. The molecular formula is C36H36N2O4. The van der Waals surface area contributed by atoms with Crippen molar-refractivity contribution in [3.63, 3.8) is 0 Å². The van der Waals surface area contributed by atoms with Gasteiger partial charge < -0.3 is 24.0 Å². The van der Waals surface area contributed by atoms with E-state index in [2.05, 4.69) is 35.7 Å². The quantitative estimate of drug-likeness (QED) is 0.163. The fourth-order valence-corrected chi connectivity index (χ4v) is 5.51. The standard InChI is InChI=1S/C36H36N2O4/c1-8-32(34(25-11-18-29(40-6)19-12-25)24-9-15-27(16-10-24)37(2)3)36(26-13-20-30(41-7)21-14-26)33-22-17-28(38(4)5)23-31(33)35(39)42-36/h8-23H,1H2,2-7H3. The Kier molecular flexibility index (Phi) is 7.81. The van der Waals surface area contributed by atoms with Crippen LogP contribution in [0.15, 0.2) is 109 Å². The van der Waals surface area contributed by atoms with Crippen LogP contribution in [0.2, 0.25) is 0 Å². The molecule has 4 aromatic carbocycles. The Morgan fingerprint density at radius 2 is 1.24 bits per heavy atom. The molecule has 0 fully saturated rings. The third-order valence-corrected chi connectivity index (χ3v) is 7.76. The highest BCUT2D eigenvalue weighted by Gasteiger charge is 2.50. The minimum absolute atomic E-state index is 0.388. The normalized spacial score (nSPS) is 16.2.